The van der Waals surface area contributed by atoms with E-state index in [0.717, 1.165) is 33.8 Å². The van der Waals surface area contributed by atoms with Gasteiger partial charge in [0, 0.05) is 11.5 Å². The van der Waals surface area contributed by atoms with Gasteiger partial charge in [-0.3, -0.25) is 4.79 Å². The van der Waals surface area contributed by atoms with E-state index in [4.69, 9.17) is 5.21 Å². The number of hydrogen-bond acceptors (Lipinski definition) is 2. The van der Waals surface area contributed by atoms with E-state index in [1.54, 1.807) is 0 Å². The Kier molecular flexibility index (Phi) is 5.22. The van der Waals surface area contributed by atoms with Gasteiger partial charge in [-0.05, 0) is 45.4 Å². The lowest BCUT2D eigenvalue weighted by Gasteiger charge is -2.29. The zero-order valence-electron chi connectivity index (χ0n) is 18.8. The second kappa shape index (κ2) is 7.71. The minimum atomic E-state index is -0.0836. The van der Waals surface area contributed by atoms with Gasteiger partial charge in [-0.1, -0.05) is 50.2 Å². The zero-order valence-corrected chi connectivity index (χ0v) is 18.8. The van der Waals surface area contributed by atoms with Crippen LogP contribution in [0.5, 0.6) is 0 Å². The molecule has 0 bridgehead atoms. The zero-order chi connectivity index (χ0) is 21.6. The van der Waals surface area contributed by atoms with Gasteiger partial charge in [0.15, 0.2) is 0 Å². The molecule has 0 atom stereocenters. The van der Waals surface area contributed by atoms with Crippen LogP contribution in [-0.2, 0) is 11.3 Å². The van der Waals surface area contributed by atoms with Gasteiger partial charge in [-0.25, -0.2) is 0 Å². The van der Waals surface area contributed by atoms with Crippen LogP contribution in [-0.4, -0.2) is 15.8 Å². The summed E-state index contributed by atoms with van der Waals surface area (Å²) in [6.07, 6.45) is 0. The Labute approximate surface area is 178 Å². The highest BCUT2D eigenvalue weighted by atomic mass is 16.2. The first-order valence-electron chi connectivity index (χ1n) is 10.8. The molecule has 0 spiro atoms. The highest BCUT2D eigenvalue weighted by Gasteiger charge is 2.37. The van der Waals surface area contributed by atoms with Crippen LogP contribution in [0.3, 0.4) is 0 Å². The standard InChI is InChI=1S/C25H31N4O/c1-16(2)25(30)27-15-19-11-7-8-12-20(19)23-24(21-13-9-10-14-22(21)27)29(18(5)6)26-28(23)17(3)4/h7-14,16-18H,15H2,1-6H3/q+1. The average Bonchev–Trinajstić information content (AvgIpc) is 3.11. The molecule has 0 unspecified atom stereocenters. The van der Waals surface area contributed by atoms with Crippen LogP contribution in [0.15, 0.2) is 48.5 Å². The molecule has 2 heterocycles. The molecule has 156 valence electrons. The molecule has 1 aliphatic heterocycles. The number of nitrogens with zero attached hydrogens (tertiary/aromatic N) is 4. The fraction of sp³-hybridized carbons (Fsp3) is 0.400. The lowest BCUT2D eigenvalue weighted by Crippen LogP contribution is -2.42. The Morgan fingerprint density at radius 3 is 2.20 bits per heavy atom. The molecule has 0 saturated carbocycles. The van der Waals surface area contributed by atoms with Gasteiger partial charge < -0.3 is 4.90 Å². The molecule has 2 aromatic carbocycles. The maximum atomic E-state index is 13.3. The summed E-state index contributed by atoms with van der Waals surface area (Å²) in [5, 5.41) is 5.01. The van der Waals surface area contributed by atoms with E-state index in [-0.39, 0.29) is 23.9 Å². The van der Waals surface area contributed by atoms with Crippen molar-refractivity contribution in [2.45, 2.75) is 60.2 Å². The number of fused-ring (bicyclic) bond motifs is 5. The van der Waals surface area contributed by atoms with Gasteiger partial charge in [-0.2, -0.15) is 0 Å². The maximum Gasteiger partial charge on any atom is 0.229 e. The van der Waals surface area contributed by atoms with Crippen molar-refractivity contribution in [2.24, 2.45) is 5.92 Å². The van der Waals surface area contributed by atoms with Crippen molar-refractivity contribution < 1.29 is 9.48 Å². The predicted molar refractivity (Wildman–Crippen MR) is 120 cm³/mol. The Hall–Kier alpha value is -2.95. The van der Waals surface area contributed by atoms with Crippen molar-refractivity contribution in [1.29, 1.82) is 0 Å². The predicted octanol–water partition coefficient (Wildman–Crippen LogP) is 5.17. The van der Waals surface area contributed by atoms with E-state index in [2.05, 4.69) is 73.5 Å². The largest absolute Gasteiger partial charge is 0.307 e. The monoisotopic (exact) mass is 403 g/mol. The summed E-state index contributed by atoms with van der Waals surface area (Å²) in [7, 11) is 0. The average molecular weight is 404 g/mol. The summed E-state index contributed by atoms with van der Waals surface area (Å²) in [6, 6.07) is 17.1. The number of aromatic nitrogens is 3. The van der Waals surface area contributed by atoms with Crippen LogP contribution >= 0.6 is 0 Å². The first kappa shape index (κ1) is 20.3. The normalized spacial score (nSPS) is 13.2. The lowest BCUT2D eigenvalue weighted by molar-refractivity contribution is -0.763. The third-order valence-corrected chi connectivity index (χ3v) is 5.66. The van der Waals surface area contributed by atoms with Gasteiger partial charge in [0.05, 0.1) is 23.0 Å². The summed E-state index contributed by atoms with van der Waals surface area (Å²) in [5.74, 6) is 0.0489. The van der Waals surface area contributed by atoms with Gasteiger partial charge >= 0.3 is 0 Å². The van der Waals surface area contributed by atoms with Gasteiger partial charge in [-0.15, -0.1) is 9.36 Å². The smallest absolute Gasteiger partial charge is 0.229 e. The molecule has 1 amide bonds. The molecule has 5 heteroatoms. The SMILES string of the molecule is CC(C)C(=O)N1Cc2ccccc2-c2c([n+](C(C)C)nn2C(C)C)-c2ccccc21. The summed E-state index contributed by atoms with van der Waals surface area (Å²) >= 11 is 0. The second-order valence-corrected chi connectivity index (χ2v) is 8.92. The van der Waals surface area contributed by atoms with Crippen LogP contribution in [0.25, 0.3) is 22.5 Å². The quantitative estimate of drug-likeness (QED) is 0.566. The number of anilines is 1. The maximum absolute atomic E-state index is 13.3. The fourth-order valence-electron chi connectivity index (χ4n) is 4.20. The molecule has 0 N–H and O–H groups in total. The molecule has 0 fully saturated rings. The topological polar surface area (TPSA) is 42.0 Å². The summed E-state index contributed by atoms with van der Waals surface area (Å²) < 4.78 is 4.24. The number of hydrogen-bond donors (Lipinski definition) is 0. The van der Waals surface area contributed by atoms with Crippen LogP contribution in [0.2, 0.25) is 0 Å². The second-order valence-electron chi connectivity index (χ2n) is 8.92. The molecule has 30 heavy (non-hydrogen) atoms. The Bertz CT molecular complexity index is 1090. The molecule has 1 aliphatic rings. The summed E-state index contributed by atoms with van der Waals surface area (Å²) in [6.45, 7) is 13.1. The van der Waals surface area contributed by atoms with E-state index in [9.17, 15) is 4.79 Å². The van der Waals surface area contributed by atoms with E-state index in [1.165, 1.54) is 0 Å². The van der Waals surface area contributed by atoms with Gasteiger partial charge in [0.2, 0.25) is 17.3 Å². The Morgan fingerprint density at radius 1 is 0.933 bits per heavy atom. The number of para-hydroxylation sites is 1. The number of carbonyl (C=O) groups excluding carboxylic acids is 1. The van der Waals surface area contributed by atoms with Crippen LogP contribution in [0, 0.1) is 5.92 Å². The summed E-state index contributed by atoms with van der Waals surface area (Å²) in [4.78, 5) is 15.2. The fourth-order valence-corrected chi connectivity index (χ4v) is 4.20. The van der Waals surface area contributed by atoms with E-state index >= 15 is 0 Å². The molecule has 5 nitrogen and oxygen atoms in total. The lowest BCUT2D eigenvalue weighted by atomic mass is 9.94. The molecular weight excluding hydrogens is 372 g/mol. The molecular formula is C25H31N4O+. The van der Waals surface area contributed by atoms with Crippen molar-refractivity contribution in [3.8, 4) is 22.5 Å². The van der Waals surface area contributed by atoms with Gasteiger partial charge in [0.25, 0.3) is 0 Å². The van der Waals surface area contributed by atoms with Crippen LogP contribution < -0.4 is 9.58 Å². The number of amides is 1. The number of benzene rings is 2. The Balaban J connectivity index is 2.14. The van der Waals surface area contributed by atoms with Crippen LogP contribution in [0.4, 0.5) is 5.69 Å². The minimum absolute atomic E-state index is 0.0836. The number of rotatable bonds is 3. The number of carbonyl (C=O) groups is 1. The third-order valence-electron chi connectivity index (χ3n) is 5.66. The molecule has 4 rings (SSSR count). The van der Waals surface area contributed by atoms with E-state index in [1.807, 2.05) is 30.9 Å². The van der Waals surface area contributed by atoms with Crippen molar-refractivity contribution in [3.05, 3.63) is 54.1 Å². The molecule has 1 aromatic heterocycles. The van der Waals surface area contributed by atoms with Crippen LogP contribution in [0.1, 0.15) is 59.2 Å². The Morgan fingerprint density at radius 2 is 1.57 bits per heavy atom. The first-order valence-corrected chi connectivity index (χ1v) is 10.8. The molecule has 0 aliphatic carbocycles. The summed E-state index contributed by atoms with van der Waals surface area (Å²) in [5.41, 5.74) is 6.48. The van der Waals surface area contributed by atoms with Crippen molar-refractivity contribution >= 4 is 11.6 Å². The van der Waals surface area contributed by atoms with E-state index in [0.29, 0.717) is 6.54 Å². The highest BCUT2D eigenvalue weighted by Crippen LogP contribution is 2.41. The van der Waals surface area contributed by atoms with E-state index < -0.39 is 0 Å². The molecule has 3 aromatic rings. The molecule has 0 radical (unpaired) electrons. The van der Waals surface area contributed by atoms with Gasteiger partial charge in [0.1, 0.15) is 12.1 Å². The highest BCUT2D eigenvalue weighted by molar-refractivity contribution is 6.00. The third kappa shape index (κ3) is 3.22. The first-order chi connectivity index (χ1) is 14.3. The van der Waals surface area contributed by atoms with Crippen molar-refractivity contribution in [1.82, 2.24) is 9.90 Å². The molecule has 0 saturated heterocycles. The minimum Gasteiger partial charge on any atom is -0.307 e. The van der Waals surface area contributed by atoms with Crippen molar-refractivity contribution in [2.75, 3.05) is 4.90 Å². The van der Waals surface area contributed by atoms with Crippen molar-refractivity contribution in [3.63, 3.8) is 0 Å².